The van der Waals surface area contributed by atoms with Crippen molar-refractivity contribution in [3.05, 3.63) is 58.6 Å². The predicted molar refractivity (Wildman–Crippen MR) is 120 cm³/mol. The minimum atomic E-state index is -0.471. The quantitative estimate of drug-likeness (QED) is 0.595. The van der Waals surface area contributed by atoms with Crippen molar-refractivity contribution in [2.45, 2.75) is 38.5 Å². The largest absolute Gasteiger partial charge is 0.326 e. The van der Waals surface area contributed by atoms with Crippen molar-refractivity contribution in [3.8, 4) is 0 Å². The van der Waals surface area contributed by atoms with Crippen molar-refractivity contribution in [3.63, 3.8) is 0 Å². The molecule has 4 bridgehead atoms. The number of nitrogens with one attached hydrogen (secondary N) is 2. The molecule has 4 aliphatic rings. The van der Waals surface area contributed by atoms with E-state index in [0.29, 0.717) is 28.3 Å². The number of carbonyl (C=O) groups is 2. The van der Waals surface area contributed by atoms with Crippen LogP contribution in [0.5, 0.6) is 0 Å². The fourth-order valence-electron chi connectivity index (χ4n) is 6.39. The summed E-state index contributed by atoms with van der Waals surface area (Å²) in [5.41, 5.74) is 0.557. The molecule has 30 heavy (non-hydrogen) atoms. The van der Waals surface area contributed by atoms with Crippen molar-refractivity contribution >= 4 is 46.4 Å². The van der Waals surface area contributed by atoms with E-state index in [9.17, 15) is 9.59 Å². The van der Waals surface area contributed by atoms with Crippen LogP contribution in [0.15, 0.2) is 48.5 Å². The Morgan fingerprint density at radius 3 is 1.43 bits per heavy atom. The highest BCUT2D eigenvalue weighted by atomic mass is 35.5. The summed E-state index contributed by atoms with van der Waals surface area (Å²) in [5, 5.41) is 7.47. The molecule has 0 atom stereocenters. The number of anilines is 2. The normalized spacial score (nSPS) is 31.4. The average Bonchev–Trinajstić information content (AvgIpc) is 2.70. The third-order valence-corrected chi connectivity index (χ3v) is 7.73. The van der Waals surface area contributed by atoms with E-state index in [0.717, 1.165) is 43.5 Å². The maximum atomic E-state index is 13.4. The summed E-state index contributed by atoms with van der Waals surface area (Å²) < 4.78 is 0. The van der Waals surface area contributed by atoms with Gasteiger partial charge in [0.1, 0.15) is 0 Å². The summed E-state index contributed by atoms with van der Waals surface area (Å²) in [6, 6.07) is 14.4. The van der Waals surface area contributed by atoms with Gasteiger partial charge in [-0.15, -0.1) is 0 Å². The summed E-state index contributed by atoms with van der Waals surface area (Å²) in [6.07, 6.45) is 5.24. The summed E-state index contributed by atoms with van der Waals surface area (Å²) in [7, 11) is 0. The molecular weight excluding hydrogens is 419 g/mol. The highest BCUT2D eigenvalue weighted by molar-refractivity contribution is 6.31. The van der Waals surface area contributed by atoms with Gasteiger partial charge in [0.25, 0.3) is 0 Å². The zero-order valence-corrected chi connectivity index (χ0v) is 18.1. The van der Waals surface area contributed by atoms with E-state index < -0.39 is 10.8 Å². The van der Waals surface area contributed by atoms with Crippen LogP contribution in [-0.2, 0) is 9.59 Å². The van der Waals surface area contributed by atoms with Crippen LogP contribution in [0, 0.1) is 22.7 Å². The van der Waals surface area contributed by atoms with Gasteiger partial charge in [-0.05, 0) is 98.9 Å². The van der Waals surface area contributed by atoms with E-state index in [2.05, 4.69) is 10.6 Å². The molecule has 2 aromatic rings. The highest BCUT2D eigenvalue weighted by Crippen LogP contribution is 2.65. The fourth-order valence-corrected chi connectivity index (χ4v) is 6.64. The number of benzene rings is 2. The van der Waals surface area contributed by atoms with Crippen LogP contribution in [0.25, 0.3) is 0 Å². The fraction of sp³-hybridized carbons (Fsp3) is 0.417. The van der Waals surface area contributed by atoms with E-state index in [-0.39, 0.29) is 11.8 Å². The Hall–Kier alpha value is -2.04. The maximum absolute atomic E-state index is 13.4. The van der Waals surface area contributed by atoms with Gasteiger partial charge >= 0.3 is 0 Å². The molecule has 4 fully saturated rings. The topological polar surface area (TPSA) is 58.2 Å². The zero-order chi connectivity index (χ0) is 20.9. The Labute approximate surface area is 186 Å². The standard InChI is InChI=1S/C24H24Cl2N2O2/c25-17-1-5-19(6-2-17)27-21(29)23-10-15-9-16(11-23)13-24(12-15,14-23)22(30)28-20-7-3-18(26)4-8-20/h1-8,15-16H,9-14H2,(H,27,29)(H,28,30). The second-order valence-corrected chi connectivity index (χ2v) is 10.3. The lowest BCUT2D eigenvalue weighted by atomic mass is 9.43. The number of amides is 2. The van der Waals surface area contributed by atoms with E-state index in [1.807, 2.05) is 24.3 Å². The predicted octanol–water partition coefficient (Wildman–Crippen LogP) is 6.16. The molecule has 4 nitrogen and oxygen atoms in total. The molecule has 2 aromatic carbocycles. The molecule has 0 radical (unpaired) electrons. The van der Waals surface area contributed by atoms with Crippen molar-refractivity contribution < 1.29 is 9.59 Å². The summed E-state index contributed by atoms with van der Waals surface area (Å²) in [4.78, 5) is 26.8. The molecule has 0 aliphatic heterocycles. The Balaban J connectivity index is 1.38. The second kappa shape index (κ2) is 7.28. The zero-order valence-electron chi connectivity index (χ0n) is 16.6. The van der Waals surface area contributed by atoms with Gasteiger partial charge in [0.2, 0.25) is 11.8 Å². The molecule has 6 rings (SSSR count). The first-order valence-electron chi connectivity index (χ1n) is 10.5. The molecule has 4 saturated carbocycles. The lowest BCUT2D eigenvalue weighted by molar-refractivity contribution is -0.161. The van der Waals surface area contributed by atoms with E-state index in [4.69, 9.17) is 23.2 Å². The van der Waals surface area contributed by atoms with Gasteiger partial charge in [-0.25, -0.2) is 0 Å². The molecule has 4 aliphatic carbocycles. The SMILES string of the molecule is O=C(Nc1ccc(Cl)cc1)C12CC3CC(C1)CC(C(=O)Nc1ccc(Cl)cc1)(C3)C2. The summed E-state index contributed by atoms with van der Waals surface area (Å²) in [6.45, 7) is 0. The Morgan fingerprint density at radius 2 is 1.07 bits per heavy atom. The minimum Gasteiger partial charge on any atom is -0.326 e. The van der Waals surface area contributed by atoms with Crippen LogP contribution in [-0.4, -0.2) is 11.8 Å². The Morgan fingerprint density at radius 1 is 0.700 bits per heavy atom. The van der Waals surface area contributed by atoms with Crippen LogP contribution in [0.1, 0.15) is 38.5 Å². The number of hydrogen-bond acceptors (Lipinski definition) is 2. The summed E-state index contributed by atoms with van der Waals surface area (Å²) >= 11 is 11.9. The lowest BCUT2D eigenvalue weighted by Crippen LogP contribution is -2.59. The molecule has 0 heterocycles. The van der Waals surface area contributed by atoms with Gasteiger partial charge in [-0.2, -0.15) is 0 Å². The lowest BCUT2D eigenvalue weighted by Gasteiger charge is -2.60. The van der Waals surface area contributed by atoms with E-state index in [1.165, 1.54) is 0 Å². The van der Waals surface area contributed by atoms with Crippen molar-refractivity contribution in [1.29, 1.82) is 0 Å². The van der Waals surface area contributed by atoms with Gasteiger partial charge < -0.3 is 10.6 Å². The first-order chi connectivity index (χ1) is 14.4. The molecule has 6 heteroatoms. The average molecular weight is 443 g/mol. The number of carbonyl (C=O) groups excluding carboxylic acids is 2. The van der Waals surface area contributed by atoms with Gasteiger partial charge in [-0.3, -0.25) is 9.59 Å². The molecule has 2 amide bonds. The van der Waals surface area contributed by atoms with Crippen LogP contribution >= 0.6 is 23.2 Å². The number of rotatable bonds is 4. The molecule has 0 unspecified atom stereocenters. The molecule has 2 N–H and O–H groups in total. The molecule has 156 valence electrons. The third-order valence-electron chi connectivity index (χ3n) is 7.23. The van der Waals surface area contributed by atoms with Crippen molar-refractivity contribution in [2.24, 2.45) is 22.7 Å². The van der Waals surface area contributed by atoms with Crippen LogP contribution in [0.3, 0.4) is 0 Å². The van der Waals surface area contributed by atoms with E-state index in [1.54, 1.807) is 24.3 Å². The van der Waals surface area contributed by atoms with Gasteiger partial charge in [0.15, 0.2) is 0 Å². The molecule has 0 spiro atoms. The number of hydrogen-bond donors (Lipinski definition) is 2. The molecular formula is C24H24Cl2N2O2. The monoisotopic (exact) mass is 442 g/mol. The van der Waals surface area contributed by atoms with Crippen LogP contribution < -0.4 is 10.6 Å². The molecule has 0 aromatic heterocycles. The highest BCUT2D eigenvalue weighted by Gasteiger charge is 2.63. The Bertz CT molecular complexity index is 896. The van der Waals surface area contributed by atoms with Gasteiger partial charge in [0.05, 0.1) is 10.8 Å². The maximum Gasteiger partial charge on any atom is 0.230 e. The summed E-state index contributed by atoms with van der Waals surface area (Å²) in [5.74, 6) is 0.946. The minimum absolute atomic E-state index is 0.0441. The smallest absolute Gasteiger partial charge is 0.230 e. The van der Waals surface area contributed by atoms with Crippen LogP contribution in [0.2, 0.25) is 10.0 Å². The van der Waals surface area contributed by atoms with Crippen LogP contribution in [0.4, 0.5) is 11.4 Å². The molecule has 0 saturated heterocycles. The second-order valence-electron chi connectivity index (χ2n) is 9.44. The van der Waals surface area contributed by atoms with Crippen molar-refractivity contribution in [1.82, 2.24) is 0 Å². The first-order valence-corrected chi connectivity index (χ1v) is 11.3. The first kappa shape index (κ1) is 19.9. The Kier molecular flexibility index (Phi) is 4.83. The van der Waals surface area contributed by atoms with Crippen molar-refractivity contribution in [2.75, 3.05) is 10.6 Å². The number of halogens is 2. The van der Waals surface area contributed by atoms with Gasteiger partial charge in [0, 0.05) is 21.4 Å². The van der Waals surface area contributed by atoms with E-state index >= 15 is 0 Å². The third kappa shape index (κ3) is 3.50. The van der Waals surface area contributed by atoms with Gasteiger partial charge in [-0.1, -0.05) is 23.2 Å².